The molecule has 17 heavy (non-hydrogen) atoms. The summed E-state index contributed by atoms with van der Waals surface area (Å²) in [7, 11) is 0. The van der Waals surface area contributed by atoms with Gasteiger partial charge in [0.05, 0.1) is 5.69 Å². The van der Waals surface area contributed by atoms with Crippen LogP contribution in [0, 0.1) is 6.92 Å². The first-order chi connectivity index (χ1) is 8.29. The van der Waals surface area contributed by atoms with Gasteiger partial charge in [-0.1, -0.05) is 48.2 Å². The summed E-state index contributed by atoms with van der Waals surface area (Å²) in [5, 5.41) is 0.980. The zero-order chi connectivity index (χ0) is 12.1. The van der Waals surface area contributed by atoms with E-state index in [0.29, 0.717) is 0 Å². The minimum absolute atomic E-state index is 0.887. The van der Waals surface area contributed by atoms with Crippen molar-refractivity contribution in [3.05, 3.63) is 59.9 Å². The van der Waals surface area contributed by atoms with Crippen LogP contribution in [-0.4, -0.2) is 15.7 Å². The lowest BCUT2D eigenvalue weighted by atomic mass is 10.1. The van der Waals surface area contributed by atoms with E-state index in [0.717, 1.165) is 28.7 Å². The second-order valence-corrected chi connectivity index (χ2v) is 4.88. The fourth-order valence-electron chi connectivity index (χ4n) is 1.63. The maximum absolute atomic E-state index is 4.60. The second kappa shape index (κ2) is 5.73. The molecule has 0 fully saturated rings. The summed E-state index contributed by atoms with van der Waals surface area (Å²) in [5.74, 6) is 0.887. The Labute approximate surface area is 106 Å². The lowest BCUT2D eigenvalue weighted by Crippen LogP contribution is -1.90. The Bertz CT molecular complexity index is 488. The highest BCUT2D eigenvalue weighted by molar-refractivity contribution is 7.99. The van der Waals surface area contributed by atoms with Gasteiger partial charge in [-0.15, -0.1) is 6.58 Å². The molecule has 0 aliphatic heterocycles. The van der Waals surface area contributed by atoms with Gasteiger partial charge in [0, 0.05) is 17.9 Å². The van der Waals surface area contributed by atoms with Crippen molar-refractivity contribution in [2.45, 2.75) is 18.5 Å². The van der Waals surface area contributed by atoms with Crippen LogP contribution in [0.1, 0.15) is 17.0 Å². The number of nitrogens with one attached hydrogen (secondary N) is 1. The highest BCUT2D eigenvalue weighted by Gasteiger charge is 2.07. The summed E-state index contributed by atoms with van der Waals surface area (Å²) in [4.78, 5) is 7.91. The smallest absolute Gasteiger partial charge is 0.166 e. The van der Waals surface area contributed by atoms with Crippen LogP contribution in [0.5, 0.6) is 0 Å². The molecule has 2 nitrogen and oxygen atoms in total. The number of hydrogen-bond acceptors (Lipinski definition) is 2. The van der Waals surface area contributed by atoms with E-state index in [1.807, 2.05) is 12.1 Å². The quantitative estimate of drug-likeness (QED) is 0.643. The van der Waals surface area contributed by atoms with Crippen molar-refractivity contribution in [3.63, 3.8) is 0 Å². The molecule has 1 aromatic carbocycles. The van der Waals surface area contributed by atoms with Gasteiger partial charge in [0.15, 0.2) is 5.16 Å². The molecule has 0 bridgehead atoms. The zero-order valence-electron chi connectivity index (χ0n) is 9.94. The molecule has 0 radical (unpaired) electrons. The number of aryl methyl sites for hydroxylation is 1. The SMILES string of the molecule is C=CCSc1nc(Cc2ccccc2)c(C)[nH]1. The van der Waals surface area contributed by atoms with E-state index in [-0.39, 0.29) is 0 Å². The van der Waals surface area contributed by atoms with Gasteiger partial charge in [-0.05, 0) is 12.5 Å². The first kappa shape index (κ1) is 12.0. The molecule has 0 aliphatic carbocycles. The predicted octanol–water partition coefficient (Wildman–Crippen LogP) is 3.59. The van der Waals surface area contributed by atoms with Crippen molar-refractivity contribution in [3.8, 4) is 0 Å². The van der Waals surface area contributed by atoms with Crippen LogP contribution in [-0.2, 0) is 6.42 Å². The fraction of sp³-hybridized carbons (Fsp3) is 0.214. The van der Waals surface area contributed by atoms with Gasteiger partial charge < -0.3 is 4.98 Å². The highest BCUT2D eigenvalue weighted by Crippen LogP contribution is 2.18. The van der Waals surface area contributed by atoms with Gasteiger partial charge in [0.25, 0.3) is 0 Å². The molecule has 0 aliphatic rings. The third-order valence-corrected chi connectivity index (χ3v) is 3.39. The third-order valence-electron chi connectivity index (χ3n) is 2.52. The van der Waals surface area contributed by atoms with Gasteiger partial charge in [-0.3, -0.25) is 0 Å². The average Bonchev–Trinajstić information content (AvgIpc) is 2.69. The first-order valence-electron chi connectivity index (χ1n) is 5.62. The molecule has 0 spiro atoms. The van der Waals surface area contributed by atoms with Crippen LogP contribution >= 0.6 is 11.8 Å². The number of aromatic nitrogens is 2. The highest BCUT2D eigenvalue weighted by atomic mass is 32.2. The molecule has 0 saturated carbocycles. The molecule has 1 aromatic heterocycles. The summed E-state index contributed by atoms with van der Waals surface area (Å²) >= 11 is 1.68. The maximum atomic E-state index is 4.60. The summed E-state index contributed by atoms with van der Waals surface area (Å²) in [6, 6.07) is 10.4. The van der Waals surface area contributed by atoms with E-state index in [1.165, 1.54) is 5.56 Å². The maximum Gasteiger partial charge on any atom is 0.166 e. The Morgan fingerprint density at radius 2 is 2.12 bits per heavy atom. The molecule has 1 N–H and O–H groups in total. The molecular formula is C14H16N2S. The van der Waals surface area contributed by atoms with E-state index in [4.69, 9.17) is 0 Å². The number of H-pyrrole nitrogens is 1. The molecule has 0 unspecified atom stereocenters. The van der Waals surface area contributed by atoms with Crippen molar-refractivity contribution in [2.75, 3.05) is 5.75 Å². The van der Waals surface area contributed by atoms with Gasteiger partial charge in [0.2, 0.25) is 0 Å². The Morgan fingerprint density at radius 3 is 2.82 bits per heavy atom. The summed E-state index contributed by atoms with van der Waals surface area (Å²) in [5.41, 5.74) is 3.57. The molecule has 0 atom stereocenters. The minimum Gasteiger partial charge on any atom is -0.337 e. The number of rotatable bonds is 5. The van der Waals surface area contributed by atoms with Crippen LogP contribution in [0.4, 0.5) is 0 Å². The van der Waals surface area contributed by atoms with E-state index in [2.05, 4.69) is 47.7 Å². The Balaban J connectivity index is 2.11. The van der Waals surface area contributed by atoms with Crippen molar-refractivity contribution in [1.29, 1.82) is 0 Å². The molecule has 2 aromatic rings. The van der Waals surface area contributed by atoms with Gasteiger partial charge >= 0.3 is 0 Å². The summed E-state index contributed by atoms with van der Waals surface area (Å²) < 4.78 is 0. The van der Waals surface area contributed by atoms with Gasteiger partial charge in [-0.25, -0.2) is 4.98 Å². The van der Waals surface area contributed by atoms with Crippen LogP contribution in [0.2, 0.25) is 0 Å². The lowest BCUT2D eigenvalue weighted by Gasteiger charge is -1.98. The van der Waals surface area contributed by atoms with Crippen LogP contribution < -0.4 is 0 Å². The van der Waals surface area contributed by atoms with Crippen molar-refractivity contribution < 1.29 is 0 Å². The third kappa shape index (κ3) is 3.24. The molecule has 1 heterocycles. The zero-order valence-corrected chi connectivity index (χ0v) is 10.8. The van der Waals surface area contributed by atoms with Gasteiger partial charge in [-0.2, -0.15) is 0 Å². The van der Waals surface area contributed by atoms with Crippen molar-refractivity contribution in [1.82, 2.24) is 9.97 Å². The monoisotopic (exact) mass is 244 g/mol. The fourth-order valence-corrected chi connectivity index (χ4v) is 2.31. The average molecular weight is 244 g/mol. The predicted molar refractivity (Wildman–Crippen MR) is 73.5 cm³/mol. The Morgan fingerprint density at radius 1 is 1.35 bits per heavy atom. The Hall–Kier alpha value is -1.48. The molecular weight excluding hydrogens is 228 g/mol. The number of benzene rings is 1. The molecule has 2 rings (SSSR count). The minimum atomic E-state index is 0.887. The molecule has 0 saturated heterocycles. The number of nitrogens with zero attached hydrogens (tertiary/aromatic N) is 1. The summed E-state index contributed by atoms with van der Waals surface area (Å²) in [6.07, 6.45) is 2.78. The largest absolute Gasteiger partial charge is 0.337 e. The standard InChI is InChI=1S/C14H16N2S/c1-3-9-17-14-15-11(2)13(16-14)10-12-7-5-4-6-8-12/h3-8H,1,9-10H2,2H3,(H,15,16). The second-order valence-electron chi connectivity index (χ2n) is 3.88. The lowest BCUT2D eigenvalue weighted by molar-refractivity contribution is 1.01. The van der Waals surface area contributed by atoms with E-state index < -0.39 is 0 Å². The number of hydrogen-bond donors (Lipinski definition) is 1. The van der Waals surface area contributed by atoms with E-state index in [1.54, 1.807) is 11.8 Å². The Kier molecular flexibility index (Phi) is 4.04. The van der Waals surface area contributed by atoms with Crippen molar-refractivity contribution >= 4 is 11.8 Å². The van der Waals surface area contributed by atoms with Crippen molar-refractivity contribution in [2.24, 2.45) is 0 Å². The van der Waals surface area contributed by atoms with Crippen LogP contribution in [0.25, 0.3) is 0 Å². The number of thioether (sulfide) groups is 1. The van der Waals surface area contributed by atoms with E-state index in [9.17, 15) is 0 Å². The summed E-state index contributed by atoms with van der Waals surface area (Å²) in [6.45, 7) is 5.78. The number of imidazole rings is 1. The molecule has 0 amide bonds. The number of aromatic amines is 1. The first-order valence-corrected chi connectivity index (χ1v) is 6.61. The molecule has 3 heteroatoms. The van der Waals surface area contributed by atoms with E-state index >= 15 is 0 Å². The van der Waals surface area contributed by atoms with Gasteiger partial charge in [0.1, 0.15) is 0 Å². The topological polar surface area (TPSA) is 28.7 Å². The van der Waals surface area contributed by atoms with Crippen LogP contribution in [0.15, 0.2) is 48.1 Å². The molecule has 88 valence electrons. The normalized spacial score (nSPS) is 10.4. The van der Waals surface area contributed by atoms with Crippen LogP contribution in [0.3, 0.4) is 0 Å².